The summed E-state index contributed by atoms with van der Waals surface area (Å²) >= 11 is 0. The molecule has 0 amide bonds. The monoisotopic (exact) mass is 193 g/mol. The van der Waals surface area contributed by atoms with Crippen LogP contribution in [0.2, 0.25) is 0 Å². The largest absolute Gasteiger partial charge is 2.00 e. The van der Waals surface area contributed by atoms with E-state index in [4.69, 9.17) is 16.2 Å². The van der Waals surface area contributed by atoms with Crippen molar-refractivity contribution < 1.29 is 23.7 Å². The molecule has 0 radical (unpaired) electrons. The van der Waals surface area contributed by atoms with E-state index in [9.17, 15) is 4.79 Å². The second-order valence-electron chi connectivity index (χ2n) is 1.64. The number of nitrogens with two attached hydrogens (primary N) is 1. The molecule has 72 valence electrons. The molecule has 0 fully saturated rings. The Bertz CT molecular complexity index is 151. The van der Waals surface area contributed by atoms with Crippen molar-refractivity contribution >= 4 is 35.0 Å². The zero-order valence-corrected chi connectivity index (χ0v) is 8.21. The number of likely N-dealkylation sites (N-methyl/N-ethyl adjacent to an activating group) is 1. The van der Waals surface area contributed by atoms with Crippen LogP contribution >= 0.6 is 0 Å². The fraction of sp³-hybridized carbons (Fsp3) is 0.500. The summed E-state index contributed by atoms with van der Waals surface area (Å²) in [7, 11) is 1.44. The third-order valence-corrected chi connectivity index (χ3v) is 0.784. The van der Waals surface area contributed by atoms with Gasteiger partial charge in [0.05, 0.1) is 0 Å². The molecule has 0 aromatic carbocycles. The minimum Gasteiger partial charge on any atom is -1.00 e. The van der Waals surface area contributed by atoms with Gasteiger partial charge in [-0.05, 0) is 0 Å². The number of carbonyl (C=O) groups is 1. The van der Waals surface area contributed by atoms with Gasteiger partial charge in [0, 0.05) is 7.05 Å². The van der Waals surface area contributed by atoms with Crippen LogP contribution in [0.4, 0.5) is 0 Å². The van der Waals surface area contributed by atoms with Gasteiger partial charge in [-0.15, -0.1) is 0 Å². The fourth-order valence-electron chi connectivity index (χ4n) is 0.288. The number of guanidine groups is 1. The van der Waals surface area contributed by atoms with Gasteiger partial charge in [-0.1, -0.05) is 0 Å². The standard InChI is InChI=1S/C4H9N3O2.Mg.2H2O.2H/c1-7(4(5)6)2-3(8)9;;;;;/h2H2,1H3,(H3,5,6)(H,8,9);;2*1H2;;/q;+2;;;2*-1. The third-order valence-electron chi connectivity index (χ3n) is 0.784. The van der Waals surface area contributed by atoms with E-state index >= 15 is 0 Å². The van der Waals surface area contributed by atoms with E-state index in [1.807, 2.05) is 0 Å². The summed E-state index contributed by atoms with van der Waals surface area (Å²) in [5.74, 6) is -1.23. The van der Waals surface area contributed by atoms with Crippen LogP contribution in [-0.2, 0) is 4.79 Å². The fourth-order valence-corrected chi connectivity index (χ4v) is 0.288. The number of aliphatic carboxylic acids is 1. The first-order valence-electron chi connectivity index (χ1n) is 2.31. The van der Waals surface area contributed by atoms with Crippen LogP contribution in [0.1, 0.15) is 2.85 Å². The summed E-state index contributed by atoms with van der Waals surface area (Å²) in [5.41, 5.74) is 4.93. The van der Waals surface area contributed by atoms with Crippen LogP contribution < -0.4 is 5.73 Å². The second kappa shape index (κ2) is 10.4. The van der Waals surface area contributed by atoms with Crippen LogP contribution in [-0.4, -0.2) is 69.5 Å². The predicted octanol–water partition coefficient (Wildman–Crippen LogP) is -2.91. The first-order chi connectivity index (χ1) is 4.04. The summed E-state index contributed by atoms with van der Waals surface area (Å²) in [5, 5.41) is 14.9. The van der Waals surface area contributed by atoms with E-state index < -0.39 is 5.97 Å². The molecule has 0 spiro atoms. The zero-order valence-electron chi connectivity index (χ0n) is 8.79. The number of carboxylic acid groups (broad SMARTS) is 1. The van der Waals surface area contributed by atoms with E-state index in [0.717, 1.165) is 4.90 Å². The van der Waals surface area contributed by atoms with E-state index in [1.165, 1.54) is 7.05 Å². The summed E-state index contributed by atoms with van der Waals surface area (Å²) < 4.78 is 0. The summed E-state index contributed by atoms with van der Waals surface area (Å²) in [6, 6.07) is 0. The molecule has 0 aromatic heterocycles. The van der Waals surface area contributed by atoms with E-state index in [1.54, 1.807) is 0 Å². The topological polar surface area (TPSA) is 153 Å². The Labute approximate surface area is 88.8 Å². The van der Waals surface area contributed by atoms with Gasteiger partial charge in [-0.2, -0.15) is 0 Å². The molecule has 12 heavy (non-hydrogen) atoms. The molecule has 8 N–H and O–H groups in total. The maximum Gasteiger partial charge on any atom is 2.00 e. The molecule has 0 aliphatic carbocycles. The van der Waals surface area contributed by atoms with Crippen molar-refractivity contribution in [3.63, 3.8) is 0 Å². The number of rotatable bonds is 2. The molecule has 8 heteroatoms. The molecule has 7 nitrogen and oxygen atoms in total. The first-order valence-corrected chi connectivity index (χ1v) is 2.31. The number of nitrogens with zero attached hydrogens (tertiary/aromatic N) is 1. The Balaban J connectivity index is -0.0000000320. The Morgan fingerprint density at radius 2 is 2.00 bits per heavy atom. The number of hydrogen-bond acceptors (Lipinski definition) is 2. The molecule has 0 bridgehead atoms. The quantitative estimate of drug-likeness (QED) is 0.244. The van der Waals surface area contributed by atoms with Crippen LogP contribution in [0, 0.1) is 5.41 Å². The molecule has 0 aromatic rings. The molecular weight excluding hydrogens is 178 g/mol. The summed E-state index contributed by atoms with van der Waals surface area (Å²) in [6.07, 6.45) is 0. The maximum atomic E-state index is 9.92. The molecule has 0 aliphatic heterocycles. The Kier molecular flexibility index (Phi) is 19.6. The molecule has 0 unspecified atom stereocenters. The minimum absolute atomic E-state index is 0. The molecule has 0 rings (SSSR count). The maximum absolute atomic E-state index is 9.92. The van der Waals surface area contributed by atoms with Crippen LogP contribution in [0.5, 0.6) is 0 Å². The van der Waals surface area contributed by atoms with Gasteiger partial charge in [-0.3, -0.25) is 10.2 Å². The van der Waals surface area contributed by atoms with Crippen molar-refractivity contribution in [2.45, 2.75) is 0 Å². The number of nitrogens with one attached hydrogen (secondary N) is 1. The average molecular weight is 193 g/mol. The van der Waals surface area contributed by atoms with Crippen LogP contribution in [0.25, 0.3) is 0 Å². The van der Waals surface area contributed by atoms with Gasteiger partial charge in [0.1, 0.15) is 6.54 Å². The SMILES string of the molecule is CN(CC(=O)O)C(=N)N.O.O.[H-].[H-].[Mg+2]. The van der Waals surface area contributed by atoms with Crippen molar-refractivity contribution in [2.24, 2.45) is 5.73 Å². The van der Waals surface area contributed by atoms with Crippen molar-refractivity contribution in [3.05, 3.63) is 0 Å². The van der Waals surface area contributed by atoms with Gasteiger partial charge in [0.15, 0.2) is 5.96 Å². The van der Waals surface area contributed by atoms with Gasteiger partial charge in [-0.25, -0.2) is 0 Å². The van der Waals surface area contributed by atoms with E-state index in [0.29, 0.717) is 0 Å². The first kappa shape index (κ1) is 22.5. The van der Waals surface area contributed by atoms with Crippen molar-refractivity contribution in [2.75, 3.05) is 13.6 Å². The Morgan fingerprint density at radius 3 is 2.08 bits per heavy atom. The zero-order chi connectivity index (χ0) is 7.44. The van der Waals surface area contributed by atoms with Gasteiger partial charge < -0.3 is 29.5 Å². The van der Waals surface area contributed by atoms with Crippen molar-refractivity contribution in [1.82, 2.24) is 4.90 Å². The average Bonchev–Trinajstić information content (AvgIpc) is 1.63. The van der Waals surface area contributed by atoms with Crippen molar-refractivity contribution in [1.29, 1.82) is 5.41 Å². The molecule has 0 saturated heterocycles. The Morgan fingerprint density at radius 1 is 1.67 bits per heavy atom. The van der Waals surface area contributed by atoms with Crippen molar-refractivity contribution in [3.8, 4) is 0 Å². The minimum atomic E-state index is -0.993. The molecule has 0 heterocycles. The second-order valence-corrected chi connectivity index (χ2v) is 1.64. The summed E-state index contributed by atoms with van der Waals surface area (Å²) in [6.45, 7) is -0.227. The number of hydrogen-bond donors (Lipinski definition) is 3. The van der Waals surface area contributed by atoms with E-state index in [-0.39, 0.29) is 49.4 Å². The van der Waals surface area contributed by atoms with Crippen LogP contribution in [0.3, 0.4) is 0 Å². The smallest absolute Gasteiger partial charge is 1.00 e. The Hall–Kier alpha value is -0.574. The normalized spacial score (nSPS) is 6.42. The molecular formula is C4H15MgN3O4. The molecule has 0 saturated carbocycles. The van der Waals surface area contributed by atoms with Crippen LogP contribution in [0.15, 0.2) is 0 Å². The predicted molar refractivity (Wildman–Crippen MR) is 47.4 cm³/mol. The van der Waals surface area contributed by atoms with Gasteiger partial charge in [0.25, 0.3) is 0 Å². The number of carboxylic acids is 1. The van der Waals surface area contributed by atoms with Gasteiger partial charge >= 0.3 is 29.0 Å². The molecule has 0 atom stereocenters. The third kappa shape index (κ3) is 12.1. The molecule has 0 aliphatic rings. The van der Waals surface area contributed by atoms with Gasteiger partial charge in [0.2, 0.25) is 0 Å². The summed E-state index contributed by atoms with van der Waals surface area (Å²) in [4.78, 5) is 11.0. The van der Waals surface area contributed by atoms with E-state index in [2.05, 4.69) is 0 Å².